The minimum atomic E-state index is -4.92. The van der Waals surface area contributed by atoms with Crippen molar-refractivity contribution in [2.75, 3.05) is 11.5 Å². The molecule has 2 atom stereocenters. The number of halogens is 8. The molecule has 0 aliphatic heterocycles. The molecule has 0 aliphatic rings. The van der Waals surface area contributed by atoms with Crippen LogP contribution in [0.4, 0.5) is 37.7 Å². The summed E-state index contributed by atoms with van der Waals surface area (Å²) in [6.07, 6.45) is -15.4. The smallest absolute Gasteiger partial charge is 0.418 e. The van der Waals surface area contributed by atoms with Crippen LogP contribution in [0.15, 0.2) is 24.3 Å². The number of hydrogen-bond donors (Lipinski definition) is 4. The Kier molecular flexibility index (Phi) is 8.40. The Morgan fingerprint density at radius 2 is 1.09 bits per heavy atom. The number of aliphatic carboxylic acids is 2. The number of carboxylic acids is 2. The van der Waals surface area contributed by atoms with Gasteiger partial charge in [0.1, 0.15) is 0 Å². The monoisotopic (exact) mass is 548 g/mol. The number of nitrogens with two attached hydrogens (primary N) is 2. The third kappa shape index (κ3) is 7.05. The van der Waals surface area contributed by atoms with E-state index in [0.717, 1.165) is 12.1 Å². The molecule has 2 aromatic carbocycles. The summed E-state index contributed by atoms with van der Waals surface area (Å²) in [7, 11) is 0. The summed E-state index contributed by atoms with van der Waals surface area (Å²) in [4.78, 5) is 23.3. The van der Waals surface area contributed by atoms with Crippen LogP contribution >= 0.6 is 23.2 Å². The van der Waals surface area contributed by atoms with Crippen molar-refractivity contribution in [3.63, 3.8) is 0 Å². The van der Waals surface area contributed by atoms with Gasteiger partial charge in [0.2, 0.25) is 0 Å². The Labute approximate surface area is 203 Å². The van der Waals surface area contributed by atoms with Gasteiger partial charge in [0.25, 0.3) is 0 Å². The van der Waals surface area contributed by atoms with Crippen molar-refractivity contribution in [1.29, 1.82) is 0 Å². The van der Waals surface area contributed by atoms with E-state index >= 15 is 0 Å². The molecule has 0 saturated carbocycles. The van der Waals surface area contributed by atoms with E-state index in [0.29, 0.717) is 12.1 Å². The van der Waals surface area contributed by atoms with E-state index in [1.54, 1.807) is 0 Å². The zero-order valence-electron chi connectivity index (χ0n) is 17.2. The first kappa shape index (κ1) is 28.3. The van der Waals surface area contributed by atoms with E-state index in [1.807, 2.05) is 0 Å². The summed E-state index contributed by atoms with van der Waals surface area (Å²) in [6.45, 7) is 0. The second-order valence-corrected chi connectivity index (χ2v) is 8.09. The summed E-state index contributed by atoms with van der Waals surface area (Å²) >= 11 is 11.4. The summed E-state index contributed by atoms with van der Waals surface area (Å²) in [5.74, 6) is -3.49. The van der Waals surface area contributed by atoms with Crippen molar-refractivity contribution in [2.24, 2.45) is 0 Å². The maximum Gasteiger partial charge on any atom is 0.418 e. The Balaban J connectivity index is 2.37. The normalized spacial score (nSPS) is 13.9. The highest BCUT2D eigenvalue weighted by molar-refractivity contribution is 6.33. The van der Waals surface area contributed by atoms with E-state index in [1.165, 1.54) is 0 Å². The lowest BCUT2D eigenvalue weighted by Gasteiger charge is -2.21. The molecule has 0 amide bonds. The van der Waals surface area contributed by atoms with Crippen LogP contribution in [0, 0.1) is 0 Å². The van der Waals surface area contributed by atoms with Gasteiger partial charge < -0.3 is 26.4 Å². The van der Waals surface area contributed by atoms with Crippen LogP contribution in [-0.4, -0.2) is 34.4 Å². The second kappa shape index (κ2) is 10.4. The minimum absolute atomic E-state index is 0.289. The van der Waals surface area contributed by atoms with Crippen LogP contribution in [0.2, 0.25) is 10.0 Å². The van der Waals surface area contributed by atoms with Crippen molar-refractivity contribution in [1.82, 2.24) is 0 Å². The molecular weight excluding hydrogens is 533 g/mol. The molecule has 0 bridgehead atoms. The number of benzene rings is 2. The molecule has 0 spiro atoms. The molecule has 0 radical (unpaired) electrons. The maximum absolute atomic E-state index is 13.2. The zero-order valence-corrected chi connectivity index (χ0v) is 18.7. The Hall–Kier alpha value is -2.90. The number of carbonyl (C=O) groups is 2. The number of rotatable bonds is 8. The first-order chi connectivity index (χ1) is 15.9. The predicted molar refractivity (Wildman–Crippen MR) is 113 cm³/mol. The standard InChI is InChI=1S/C20H16Cl2F6N2O5/c21-11-3-7(1-9(15(11)29)19(23,24)25)5-13(17(31)32)35-14(18(33)34)6-8-2-10(20(26,27)28)16(30)12(22)4-8/h1-4,13-14H,5-6,29-30H2,(H,31,32)(H,33,34)/t13-,14-/m0/s1. The van der Waals surface area contributed by atoms with Gasteiger partial charge in [-0.05, 0) is 35.4 Å². The topological polar surface area (TPSA) is 136 Å². The second-order valence-electron chi connectivity index (χ2n) is 7.27. The first-order valence-electron chi connectivity index (χ1n) is 9.33. The van der Waals surface area contributed by atoms with Gasteiger partial charge in [0.05, 0.1) is 32.5 Å². The van der Waals surface area contributed by atoms with Crippen molar-refractivity contribution in [3.05, 3.63) is 56.6 Å². The van der Waals surface area contributed by atoms with Crippen molar-refractivity contribution >= 4 is 46.5 Å². The molecule has 0 saturated heterocycles. The molecule has 35 heavy (non-hydrogen) atoms. The van der Waals surface area contributed by atoms with Gasteiger partial charge in [-0.1, -0.05) is 23.2 Å². The maximum atomic E-state index is 13.2. The van der Waals surface area contributed by atoms with E-state index in [9.17, 15) is 46.1 Å². The number of alkyl halides is 6. The van der Waals surface area contributed by atoms with Crippen LogP contribution < -0.4 is 11.5 Å². The Morgan fingerprint density at radius 3 is 1.34 bits per heavy atom. The lowest BCUT2D eigenvalue weighted by Crippen LogP contribution is -2.36. The van der Waals surface area contributed by atoms with Gasteiger partial charge in [0, 0.05) is 12.8 Å². The minimum Gasteiger partial charge on any atom is -0.479 e. The van der Waals surface area contributed by atoms with E-state index in [4.69, 9.17) is 39.4 Å². The van der Waals surface area contributed by atoms with E-state index < -0.39 is 81.9 Å². The van der Waals surface area contributed by atoms with Gasteiger partial charge in [0.15, 0.2) is 12.2 Å². The molecular formula is C20H16Cl2F6N2O5. The molecule has 192 valence electrons. The zero-order chi connectivity index (χ0) is 26.9. The average molecular weight is 549 g/mol. The highest BCUT2D eigenvalue weighted by atomic mass is 35.5. The first-order valence-corrected chi connectivity index (χ1v) is 10.1. The molecule has 6 N–H and O–H groups in total. The lowest BCUT2D eigenvalue weighted by molar-refractivity contribution is -0.165. The van der Waals surface area contributed by atoms with Crippen LogP contribution in [0.1, 0.15) is 22.3 Å². The quantitative estimate of drug-likeness (QED) is 0.272. The summed E-state index contributed by atoms with van der Waals surface area (Å²) in [5, 5.41) is 17.8. The number of nitrogen functional groups attached to an aromatic ring is 2. The molecule has 7 nitrogen and oxygen atoms in total. The predicted octanol–water partition coefficient (Wildman–Crippen LogP) is 4.90. The highest BCUT2D eigenvalue weighted by Gasteiger charge is 2.37. The Morgan fingerprint density at radius 1 is 0.771 bits per heavy atom. The third-order valence-corrected chi connectivity index (χ3v) is 5.34. The number of hydrogen-bond acceptors (Lipinski definition) is 5. The number of anilines is 2. The molecule has 15 heteroatoms. The molecule has 2 rings (SSSR count). The number of ether oxygens (including phenoxy) is 1. The van der Waals surface area contributed by atoms with Crippen LogP contribution in [-0.2, 0) is 39.5 Å². The molecule has 0 heterocycles. The molecule has 0 aromatic heterocycles. The van der Waals surface area contributed by atoms with Crippen LogP contribution in [0.3, 0.4) is 0 Å². The third-order valence-electron chi connectivity index (χ3n) is 4.71. The summed E-state index contributed by atoms with van der Waals surface area (Å²) < 4.78 is 84.1. The van der Waals surface area contributed by atoms with Crippen molar-refractivity contribution in [3.8, 4) is 0 Å². The summed E-state index contributed by atoms with van der Waals surface area (Å²) in [6, 6.07) is 2.98. The van der Waals surface area contributed by atoms with Crippen molar-refractivity contribution in [2.45, 2.75) is 37.4 Å². The number of carboxylic acid groups (broad SMARTS) is 2. The van der Waals surface area contributed by atoms with Crippen LogP contribution in [0.25, 0.3) is 0 Å². The van der Waals surface area contributed by atoms with Gasteiger partial charge in [-0.15, -0.1) is 0 Å². The van der Waals surface area contributed by atoms with Crippen LogP contribution in [0.5, 0.6) is 0 Å². The fraction of sp³-hybridized carbons (Fsp3) is 0.300. The van der Waals surface area contributed by atoms with Gasteiger partial charge in [-0.3, -0.25) is 0 Å². The fourth-order valence-corrected chi connectivity index (χ4v) is 3.55. The average Bonchev–Trinajstić information content (AvgIpc) is 2.69. The largest absolute Gasteiger partial charge is 0.479 e. The van der Waals surface area contributed by atoms with E-state index in [2.05, 4.69) is 0 Å². The lowest BCUT2D eigenvalue weighted by atomic mass is 10.0. The fourth-order valence-electron chi connectivity index (χ4n) is 3.07. The molecule has 0 aliphatic carbocycles. The highest BCUT2D eigenvalue weighted by Crippen LogP contribution is 2.39. The molecule has 2 aromatic rings. The SMILES string of the molecule is Nc1c(Cl)cc(C[C@H](O[C@@H](Cc2cc(Cl)c(N)c(C(F)(F)F)c2)C(=O)O)C(=O)O)cc1C(F)(F)F. The van der Waals surface area contributed by atoms with Gasteiger partial charge >= 0.3 is 24.3 Å². The van der Waals surface area contributed by atoms with Gasteiger partial charge in [-0.2, -0.15) is 26.3 Å². The van der Waals surface area contributed by atoms with Crippen molar-refractivity contribution < 1.29 is 50.9 Å². The summed E-state index contributed by atoms with van der Waals surface area (Å²) in [5.41, 5.74) is 5.81. The van der Waals surface area contributed by atoms with Gasteiger partial charge in [-0.25, -0.2) is 9.59 Å². The van der Waals surface area contributed by atoms with E-state index in [-0.39, 0.29) is 11.1 Å². The molecule has 0 unspecified atom stereocenters. The Bertz CT molecular complexity index is 1050. The molecule has 0 fully saturated rings.